The average Bonchev–Trinajstić information content (AvgIpc) is 2.85. The monoisotopic (exact) mass is 315 g/mol. The first-order chi connectivity index (χ1) is 10.6. The molecule has 0 spiro atoms. The van der Waals surface area contributed by atoms with Crippen molar-refractivity contribution in [3.8, 4) is 11.1 Å². The van der Waals surface area contributed by atoms with Gasteiger partial charge >= 0.3 is 0 Å². The number of hydrogen-bond acceptors (Lipinski definition) is 2. The third-order valence-corrected chi connectivity index (χ3v) is 4.67. The molecular formula is C17H15ClFN3. The van der Waals surface area contributed by atoms with Crippen LogP contribution < -0.4 is 0 Å². The summed E-state index contributed by atoms with van der Waals surface area (Å²) in [6.07, 6.45) is 4.21. The Balaban J connectivity index is 2.01. The Morgan fingerprint density at radius 2 is 1.86 bits per heavy atom. The zero-order chi connectivity index (χ0) is 15.3. The second kappa shape index (κ2) is 5.06. The minimum atomic E-state index is -0.249. The minimum Gasteiger partial charge on any atom is -0.233 e. The van der Waals surface area contributed by atoms with E-state index in [0.717, 1.165) is 59.4 Å². The lowest BCUT2D eigenvalue weighted by Gasteiger charge is -2.16. The van der Waals surface area contributed by atoms with Gasteiger partial charge in [0, 0.05) is 16.8 Å². The molecule has 2 aromatic heterocycles. The number of aromatic nitrogens is 3. The molecule has 0 bridgehead atoms. The third-order valence-electron chi connectivity index (χ3n) is 4.28. The molecule has 0 amide bonds. The Morgan fingerprint density at radius 3 is 2.64 bits per heavy atom. The van der Waals surface area contributed by atoms with Gasteiger partial charge in [-0.15, -0.1) is 0 Å². The molecule has 5 heteroatoms. The van der Waals surface area contributed by atoms with Crippen LogP contribution in [0.5, 0.6) is 0 Å². The van der Waals surface area contributed by atoms with E-state index in [-0.39, 0.29) is 5.82 Å². The lowest BCUT2D eigenvalue weighted by Crippen LogP contribution is -2.10. The highest BCUT2D eigenvalue weighted by Gasteiger charge is 2.21. The minimum absolute atomic E-state index is 0.249. The van der Waals surface area contributed by atoms with Crippen LogP contribution in [-0.4, -0.2) is 14.6 Å². The first kappa shape index (κ1) is 13.7. The van der Waals surface area contributed by atoms with Crippen molar-refractivity contribution in [1.29, 1.82) is 0 Å². The number of fused-ring (bicyclic) bond motifs is 2. The van der Waals surface area contributed by atoms with Crippen LogP contribution >= 0.6 is 11.6 Å². The van der Waals surface area contributed by atoms with Crippen molar-refractivity contribution in [3.05, 3.63) is 52.2 Å². The Bertz CT molecular complexity index is 868. The van der Waals surface area contributed by atoms with Gasteiger partial charge < -0.3 is 0 Å². The third kappa shape index (κ3) is 2.02. The van der Waals surface area contributed by atoms with Crippen LogP contribution in [0.1, 0.15) is 29.8 Å². The summed E-state index contributed by atoms with van der Waals surface area (Å²) in [5.41, 5.74) is 5.64. The Kier molecular flexibility index (Phi) is 3.15. The maximum Gasteiger partial charge on any atom is 0.165 e. The van der Waals surface area contributed by atoms with E-state index in [4.69, 9.17) is 16.6 Å². The second-order valence-corrected chi connectivity index (χ2v) is 6.10. The molecule has 22 heavy (non-hydrogen) atoms. The summed E-state index contributed by atoms with van der Waals surface area (Å²) in [5, 5.41) is 5.21. The van der Waals surface area contributed by atoms with Gasteiger partial charge in [0.05, 0.1) is 5.69 Å². The molecule has 0 unspecified atom stereocenters. The van der Waals surface area contributed by atoms with Crippen LogP contribution in [0, 0.1) is 12.7 Å². The molecule has 0 N–H and O–H groups in total. The Hall–Kier alpha value is -1.94. The highest BCUT2D eigenvalue weighted by atomic mass is 35.5. The molecule has 0 saturated carbocycles. The molecule has 3 nitrogen and oxygen atoms in total. The van der Waals surface area contributed by atoms with Gasteiger partial charge in [-0.2, -0.15) is 5.10 Å². The number of nitrogens with zero attached hydrogens (tertiary/aromatic N) is 3. The van der Waals surface area contributed by atoms with Gasteiger partial charge in [0.15, 0.2) is 5.65 Å². The molecule has 1 aromatic carbocycles. The van der Waals surface area contributed by atoms with Gasteiger partial charge in [0.25, 0.3) is 0 Å². The number of rotatable bonds is 1. The lowest BCUT2D eigenvalue weighted by atomic mass is 9.97. The van der Waals surface area contributed by atoms with Crippen LogP contribution in [0.15, 0.2) is 24.3 Å². The van der Waals surface area contributed by atoms with E-state index in [0.29, 0.717) is 5.15 Å². The van der Waals surface area contributed by atoms with E-state index >= 15 is 0 Å². The molecule has 0 saturated heterocycles. The van der Waals surface area contributed by atoms with Crippen molar-refractivity contribution >= 4 is 17.2 Å². The fraction of sp³-hybridized carbons (Fsp3) is 0.294. The molecule has 1 aliphatic rings. The lowest BCUT2D eigenvalue weighted by molar-refractivity contribution is 0.628. The normalized spacial score (nSPS) is 14.3. The molecule has 0 radical (unpaired) electrons. The molecule has 3 aromatic rings. The van der Waals surface area contributed by atoms with Gasteiger partial charge in [-0.25, -0.2) is 13.9 Å². The SMILES string of the molecule is Cc1nn2c(Cl)c3c(nc2c1-c1ccc(F)cc1)CCCC3. The summed E-state index contributed by atoms with van der Waals surface area (Å²) in [4.78, 5) is 4.82. The maximum atomic E-state index is 13.2. The Morgan fingerprint density at radius 1 is 1.14 bits per heavy atom. The van der Waals surface area contributed by atoms with Gasteiger partial charge in [-0.05, 0) is 50.3 Å². The smallest absolute Gasteiger partial charge is 0.165 e. The fourth-order valence-electron chi connectivity index (χ4n) is 3.20. The van der Waals surface area contributed by atoms with E-state index in [9.17, 15) is 4.39 Å². The summed E-state index contributed by atoms with van der Waals surface area (Å²) in [7, 11) is 0. The summed E-state index contributed by atoms with van der Waals surface area (Å²) in [6.45, 7) is 1.93. The van der Waals surface area contributed by atoms with Gasteiger partial charge in [-0.3, -0.25) is 0 Å². The molecule has 0 fully saturated rings. The van der Waals surface area contributed by atoms with E-state index < -0.39 is 0 Å². The largest absolute Gasteiger partial charge is 0.233 e. The van der Waals surface area contributed by atoms with E-state index in [2.05, 4.69) is 5.10 Å². The van der Waals surface area contributed by atoms with Crippen LogP contribution in [0.2, 0.25) is 5.15 Å². The van der Waals surface area contributed by atoms with Crippen LogP contribution in [0.25, 0.3) is 16.8 Å². The predicted molar refractivity (Wildman–Crippen MR) is 84.8 cm³/mol. The van der Waals surface area contributed by atoms with Crippen LogP contribution in [0.4, 0.5) is 4.39 Å². The Labute approximate surface area is 132 Å². The van der Waals surface area contributed by atoms with Crippen molar-refractivity contribution in [3.63, 3.8) is 0 Å². The average molecular weight is 316 g/mol. The van der Waals surface area contributed by atoms with Crippen molar-refractivity contribution < 1.29 is 4.39 Å². The van der Waals surface area contributed by atoms with E-state index in [1.807, 2.05) is 6.92 Å². The van der Waals surface area contributed by atoms with Crippen molar-refractivity contribution in [1.82, 2.24) is 14.6 Å². The maximum absolute atomic E-state index is 13.2. The summed E-state index contributed by atoms with van der Waals surface area (Å²) < 4.78 is 14.9. The first-order valence-electron chi connectivity index (χ1n) is 7.47. The second-order valence-electron chi connectivity index (χ2n) is 5.74. The molecule has 112 valence electrons. The summed E-state index contributed by atoms with van der Waals surface area (Å²) >= 11 is 6.56. The molecule has 0 aliphatic heterocycles. The molecule has 0 atom stereocenters. The van der Waals surface area contributed by atoms with Crippen LogP contribution in [-0.2, 0) is 12.8 Å². The first-order valence-corrected chi connectivity index (χ1v) is 7.85. The highest BCUT2D eigenvalue weighted by molar-refractivity contribution is 6.30. The van der Waals surface area contributed by atoms with E-state index in [1.165, 1.54) is 12.1 Å². The van der Waals surface area contributed by atoms with Gasteiger partial charge in [0.2, 0.25) is 0 Å². The number of hydrogen-bond donors (Lipinski definition) is 0. The van der Waals surface area contributed by atoms with E-state index in [1.54, 1.807) is 16.6 Å². The molecule has 2 heterocycles. The molecule has 4 rings (SSSR count). The standard InChI is InChI=1S/C17H15ClFN3/c1-10-15(11-6-8-12(19)9-7-11)17-20-14-5-3-2-4-13(14)16(18)22(17)21-10/h6-9H,2-5H2,1H3. The number of benzene rings is 1. The fourth-order valence-corrected chi connectivity index (χ4v) is 3.52. The highest BCUT2D eigenvalue weighted by Crippen LogP contribution is 2.33. The summed E-state index contributed by atoms with van der Waals surface area (Å²) in [6, 6.07) is 6.43. The zero-order valence-corrected chi connectivity index (χ0v) is 13.0. The molecule has 1 aliphatic carbocycles. The topological polar surface area (TPSA) is 30.2 Å². The number of aryl methyl sites for hydroxylation is 2. The van der Waals surface area contributed by atoms with Crippen LogP contribution in [0.3, 0.4) is 0 Å². The zero-order valence-electron chi connectivity index (χ0n) is 12.2. The predicted octanol–water partition coefficient (Wildman–Crippen LogP) is 4.38. The van der Waals surface area contributed by atoms with Crippen molar-refractivity contribution in [2.75, 3.05) is 0 Å². The van der Waals surface area contributed by atoms with Crippen molar-refractivity contribution in [2.45, 2.75) is 32.6 Å². The van der Waals surface area contributed by atoms with Crippen molar-refractivity contribution in [2.24, 2.45) is 0 Å². The molecular weight excluding hydrogens is 301 g/mol. The summed E-state index contributed by atoms with van der Waals surface area (Å²) in [5.74, 6) is -0.249. The quantitative estimate of drug-likeness (QED) is 0.624. The number of halogens is 2. The van der Waals surface area contributed by atoms with Gasteiger partial charge in [0.1, 0.15) is 11.0 Å². The van der Waals surface area contributed by atoms with Gasteiger partial charge in [-0.1, -0.05) is 23.7 Å².